The van der Waals surface area contributed by atoms with Crippen molar-refractivity contribution in [1.82, 2.24) is 14.6 Å². The lowest BCUT2D eigenvalue weighted by molar-refractivity contribution is 0.483. The molecular weight excluding hydrogens is 398 g/mol. The van der Waals surface area contributed by atoms with Gasteiger partial charge in [-0.15, -0.1) is 5.10 Å². The second-order valence-corrected chi connectivity index (χ2v) is 8.96. The monoisotopic (exact) mass is 415 g/mol. The van der Waals surface area contributed by atoms with Crippen LogP contribution >= 0.6 is 11.3 Å². The summed E-state index contributed by atoms with van der Waals surface area (Å²) in [6, 6.07) is 15.2. The van der Waals surface area contributed by atoms with Crippen LogP contribution in [0.2, 0.25) is 0 Å². The number of imidazole rings is 1. The van der Waals surface area contributed by atoms with Crippen LogP contribution in [0.3, 0.4) is 0 Å². The van der Waals surface area contributed by atoms with E-state index in [2.05, 4.69) is 10.1 Å². The normalized spacial score (nSPS) is 11.7. The zero-order valence-electron chi connectivity index (χ0n) is 15.1. The summed E-state index contributed by atoms with van der Waals surface area (Å²) in [5.74, 6) is 1.42. The molecule has 2 aromatic carbocycles. The number of benzene rings is 2. The number of aromatic nitrogens is 3. The van der Waals surface area contributed by atoms with Gasteiger partial charge in [-0.25, -0.2) is 23.1 Å². The molecule has 0 aliphatic carbocycles. The number of ether oxygens (including phenoxy) is 1. The van der Waals surface area contributed by atoms with Crippen molar-refractivity contribution in [1.29, 1.82) is 0 Å². The van der Waals surface area contributed by atoms with E-state index in [-0.39, 0.29) is 4.34 Å². The van der Waals surface area contributed by atoms with Gasteiger partial charge in [0.1, 0.15) is 11.5 Å². The van der Waals surface area contributed by atoms with E-state index in [0.29, 0.717) is 16.4 Å². The molecule has 0 atom stereocenters. The maximum atomic E-state index is 11.5. The van der Waals surface area contributed by atoms with Crippen LogP contribution in [0.5, 0.6) is 11.5 Å². The number of nitrogens with zero attached hydrogens (tertiary/aromatic N) is 4. The summed E-state index contributed by atoms with van der Waals surface area (Å²) < 4.78 is 30.2. The minimum Gasteiger partial charge on any atom is -0.457 e. The van der Waals surface area contributed by atoms with E-state index in [1.54, 1.807) is 6.20 Å². The summed E-state index contributed by atoms with van der Waals surface area (Å²) in [4.78, 5) is 6.67. The van der Waals surface area contributed by atoms with Crippen LogP contribution in [-0.4, -0.2) is 37.1 Å². The molecule has 0 aliphatic rings. The first kappa shape index (κ1) is 18.4. The summed E-state index contributed by atoms with van der Waals surface area (Å²) in [6.07, 6.45) is 1.64. The highest BCUT2D eigenvalue weighted by Gasteiger charge is 2.18. The molecule has 2 heterocycles. The van der Waals surface area contributed by atoms with Crippen LogP contribution in [-0.2, 0) is 10.0 Å². The molecule has 0 bridgehead atoms. The third-order valence-electron chi connectivity index (χ3n) is 4.03. The lowest BCUT2D eigenvalue weighted by atomic mass is 10.1. The molecule has 0 unspecified atom stereocenters. The van der Waals surface area contributed by atoms with Crippen LogP contribution in [0.25, 0.3) is 16.2 Å². The number of primary sulfonamides is 1. The molecule has 2 N–H and O–H groups in total. The SMILES string of the molecule is CN(C)c1cccc(Oc2ccc(-c3cnc4sc(S(N)(=O)=O)nn34)cc2)c1. The third kappa shape index (κ3) is 3.57. The van der Waals surface area contributed by atoms with Gasteiger partial charge in [0.25, 0.3) is 10.0 Å². The molecule has 2 aromatic heterocycles. The van der Waals surface area contributed by atoms with E-state index in [1.807, 2.05) is 67.5 Å². The Morgan fingerprint density at radius 3 is 2.54 bits per heavy atom. The van der Waals surface area contributed by atoms with E-state index in [4.69, 9.17) is 9.88 Å². The number of rotatable bonds is 5. The highest BCUT2D eigenvalue weighted by atomic mass is 32.2. The fraction of sp³-hybridized carbons (Fsp3) is 0.111. The third-order valence-corrected chi connectivity index (χ3v) is 6.26. The Morgan fingerprint density at radius 1 is 1.11 bits per heavy atom. The molecule has 0 amide bonds. The summed E-state index contributed by atoms with van der Waals surface area (Å²) in [5, 5.41) is 9.21. The quantitative estimate of drug-likeness (QED) is 0.538. The molecule has 4 rings (SSSR count). The van der Waals surface area contributed by atoms with Gasteiger partial charge in [0.15, 0.2) is 0 Å². The zero-order chi connectivity index (χ0) is 19.9. The zero-order valence-corrected chi connectivity index (χ0v) is 16.7. The average Bonchev–Trinajstić information content (AvgIpc) is 3.23. The molecule has 0 radical (unpaired) electrons. The molecule has 10 heteroatoms. The number of hydrogen-bond donors (Lipinski definition) is 1. The van der Waals surface area contributed by atoms with Crippen LogP contribution < -0.4 is 14.8 Å². The number of fused-ring (bicyclic) bond motifs is 1. The number of anilines is 1. The smallest absolute Gasteiger partial charge is 0.267 e. The van der Waals surface area contributed by atoms with Crippen LogP contribution in [0.1, 0.15) is 0 Å². The van der Waals surface area contributed by atoms with Crippen molar-refractivity contribution in [2.75, 3.05) is 19.0 Å². The Labute approximate surface area is 165 Å². The summed E-state index contributed by atoms with van der Waals surface area (Å²) >= 11 is 0.927. The number of hydrogen-bond acceptors (Lipinski definition) is 7. The van der Waals surface area contributed by atoms with Gasteiger partial charge in [-0.3, -0.25) is 0 Å². The van der Waals surface area contributed by atoms with E-state index >= 15 is 0 Å². The summed E-state index contributed by atoms with van der Waals surface area (Å²) in [5.41, 5.74) is 2.54. The molecule has 4 aromatic rings. The summed E-state index contributed by atoms with van der Waals surface area (Å²) in [7, 11) is 0.0830. The Morgan fingerprint density at radius 2 is 1.86 bits per heavy atom. The van der Waals surface area contributed by atoms with Gasteiger partial charge in [-0.2, -0.15) is 0 Å². The maximum absolute atomic E-state index is 11.5. The molecule has 0 saturated carbocycles. The Kier molecular flexibility index (Phi) is 4.53. The van der Waals surface area contributed by atoms with Crippen molar-refractivity contribution in [3.63, 3.8) is 0 Å². The molecule has 28 heavy (non-hydrogen) atoms. The first-order chi connectivity index (χ1) is 13.3. The van der Waals surface area contributed by atoms with Crippen molar-refractivity contribution in [3.05, 3.63) is 54.7 Å². The van der Waals surface area contributed by atoms with Gasteiger partial charge >= 0.3 is 0 Å². The van der Waals surface area contributed by atoms with Gasteiger partial charge in [-0.1, -0.05) is 17.4 Å². The first-order valence-electron chi connectivity index (χ1n) is 8.24. The lowest BCUT2D eigenvalue weighted by Crippen LogP contribution is -2.12. The fourth-order valence-corrected chi connectivity index (χ4v) is 4.14. The van der Waals surface area contributed by atoms with Crippen molar-refractivity contribution >= 4 is 32.0 Å². The topological polar surface area (TPSA) is 103 Å². The highest BCUT2D eigenvalue weighted by Crippen LogP contribution is 2.29. The molecular formula is C18H17N5O3S2. The standard InChI is InChI=1S/C18H17N5O3S2/c1-22(2)13-4-3-5-15(10-13)26-14-8-6-12(7-9-14)16-11-20-17-23(16)21-18(27-17)28(19,24)25/h3-11H,1-2H3,(H2,19,24,25). The van der Waals surface area contributed by atoms with E-state index in [1.165, 1.54) is 4.52 Å². The largest absolute Gasteiger partial charge is 0.457 e. The van der Waals surface area contributed by atoms with Gasteiger partial charge in [0, 0.05) is 31.4 Å². The molecule has 0 spiro atoms. The van der Waals surface area contributed by atoms with Crippen molar-refractivity contribution in [3.8, 4) is 22.8 Å². The fourth-order valence-electron chi connectivity index (χ4n) is 2.64. The Hall–Kier alpha value is -2.95. The molecule has 0 aliphatic heterocycles. The van der Waals surface area contributed by atoms with Crippen LogP contribution in [0, 0.1) is 0 Å². The van der Waals surface area contributed by atoms with Gasteiger partial charge in [-0.05, 0) is 36.4 Å². The van der Waals surface area contributed by atoms with Crippen LogP contribution in [0.4, 0.5) is 5.69 Å². The average molecular weight is 416 g/mol. The van der Waals surface area contributed by atoms with Gasteiger partial charge < -0.3 is 9.64 Å². The summed E-state index contributed by atoms with van der Waals surface area (Å²) in [6.45, 7) is 0. The minimum absolute atomic E-state index is 0.169. The van der Waals surface area contributed by atoms with Crippen molar-refractivity contribution < 1.29 is 13.2 Å². The van der Waals surface area contributed by atoms with Gasteiger partial charge in [0.05, 0.1) is 11.9 Å². The minimum atomic E-state index is -3.86. The second kappa shape index (κ2) is 6.89. The highest BCUT2D eigenvalue weighted by molar-refractivity contribution is 7.91. The predicted molar refractivity (Wildman–Crippen MR) is 109 cm³/mol. The van der Waals surface area contributed by atoms with Crippen LogP contribution in [0.15, 0.2) is 59.1 Å². The molecule has 0 saturated heterocycles. The van der Waals surface area contributed by atoms with E-state index < -0.39 is 10.0 Å². The van der Waals surface area contributed by atoms with E-state index in [0.717, 1.165) is 28.3 Å². The maximum Gasteiger partial charge on any atom is 0.267 e. The first-order valence-corrected chi connectivity index (χ1v) is 10.6. The molecule has 144 valence electrons. The lowest BCUT2D eigenvalue weighted by Gasteiger charge is -2.14. The Balaban J connectivity index is 1.61. The number of nitrogens with two attached hydrogens (primary N) is 1. The van der Waals surface area contributed by atoms with Crippen molar-refractivity contribution in [2.24, 2.45) is 5.14 Å². The number of sulfonamides is 1. The van der Waals surface area contributed by atoms with Crippen molar-refractivity contribution in [2.45, 2.75) is 4.34 Å². The molecule has 0 fully saturated rings. The second-order valence-electron chi connectivity index (χ2n) is 6.27. The van der Waals surface area contributed by atoms with E-state index in [9.17, 15) is 8.42 Å². The Bertz CT molecular complexity index is 1240. The predicted octanol–water partition coefficient (Wildman–Crippen LogP) is 2.96. The molecule has 8 nitrogen and oxygen atoms in total. The van der Waals surface area contributed by atoms with Gasteiger partial charge in [0.2, 0.25) is 9.30 Å².